The average Bonchev–Trinajstić information content (AvgIpc) is 1.85. The summed E-state index contributed by atoms with van der Waals surface area (Å²) in [6, 6.07) is 0. The molecule has 10 heteroatoms. The van der Waals surface area contributed by atoms with Crippen molar-refractivity contribution >= 4 is 39.7 Å². The smallest absolute Gasteiger partial charge is 0.563 e. The molecule has 0 aliphatic carbocycles. The summed E-state index contributed by atoms with van der Waals surface area (Å²) in [6.07, 6.45) is 0. The van der Waals surface area contributed by atoms with Gasteiger partial charge in [0.15, 0.2) is 0 Å². The summed E-state index contributed by atoms with van der Waals surface area (Å²) >= 11 is 10.1. The molecule has 12 heavy (non-hydrogen) atoms. The van der Waals surface area contributed by atoms with E-state index in [0.29, 0.717) is 11.8 Å². The van der Waals surface area contributed by atoms with E-state index in [-0.39, 0.29) is 27.3 Å². The monoisotopic (exact) mass is 354 g/mol. The van der Waals surface area contributed by atoms with E-state index < -0.39 is 16.5 Å². The van der Waals surface area contributed by atoms with Crippen LogP contribution in [0.25, 0.3) is 0 Å². The maximum absolute atomic E-state index is 9.24. The molecular weight excluding hydrogens is 349 g/mol. The number of rotatable bonds is 3. The van der Waals surface area contributed by atoms with Crippen molar-refractivity contribution in [3.63, 3.8) is 0 Å². The topological polar surface area (TPSA) is 89.5 Å². The molecule has 5 nitrogen and oxygen atoms in total. The minimum Gasteiger partial charge on any atom is -0.563 e. The van der Waals surface area contributed by atoms with Crippen molar-refractivity contribution in [1.29, 1.82) is 0 Å². The second-order valence-electron chi connectivity index (χ2n) is 0.907. The Hall–Kier alpha value is 1.58. The van der Waals surface area contributed by atoms with E-state index in [0.717, 1.165) is 0 Å². The minimum absolute atomic E-state index is 0. The molecule has 0 saturated heterocycles. The number of alkyl halides is 2. The first-order valence-electron chi connectivity index (χ1n) is 2.13. The Morgan fingerprint density at radius 1 is 1.08 bits per heavy atom. The molecule has 0 amide bonds. The first-order valence-corrected chi connectivity index (χ1v) is 5.39. The molecule has 2 atom stereocenters. The Balaban J connectivity index is -0.000000142. The van der Waals surface area contributed by atoms with Gasteiger partial charge in [-0.25, -0.2) is 0 Å². The predicted octanol–water partition coefficient (Wildman–Crippen LogP) is 0.500. The molecule has 0 radical (unpaired) electrons. The molecule has 0 N–H and O–H groups in total. The third-order valence-electron chi connectivity index (χ3n) is 0.205. The van der Waals surface area contributed by atoms with Crippen molar-refractivity contribution in [2.24, 2.45) is 0 Å². The third kappa shape index (κ3) is 29.9. The fourth-order valence-electron chi connectivity index (χ4n) is 0.0544. The van der Waals surface area contributed by atoms with Crippen molar-refractivity contribution in [3.05, 3.63) is 0 Å². The van der Waals surface area contributed by atoms with Gasteiger partial charge < -0.3 is 9.79 Å². The number of halogens is 2. The van der Waals surface area contributed by atoms with Crippen molar-refractivity contribution in [2.45, 2.75) is 0 Å². The van der Waals surface area contributed by atoms with Crippen LogP contribution >= 0.6 is 39.7 Å². The molecule has 0 saturated carbocycles. The van der Waals surface area contributed by atoms with Crippen LogP contribution in [0.1, 0.15) is 0 Å². The van der Waals surface area contributed by atoms with Gasteiger partial charge in [-0.05, 0) is 9.13 Å². The summed E-state index contributed by atoms with van der Waals surface area (Å²) in [7, 11) is -6.47. The molecule has 0 bridgehead atoms. The summed E-state index contributed by atoms with van der Waals surface area (Å²) in [4.78, 5) is 18.5. The summed E-state index contributed by atoms with van der Waals surface area (Å²) in [6.45, 7) is 0. The summed E-state index contributed by atoms with van der Waals surface area (Å²) < 4.78 is 21.6. The van der Waals surface area contributed by atoms with Gasteiger partial charge in [0.2, 0.25) is 0 Å². The van der Waals surface area contributed by atoms with E-state index in [1.54, 1.807) is 0 Å². The Morgan fingerprint density at radius 3 is 1.33 bits per heavy atom. The quantitative estimate of drug-likeness (QED) is 0.419. The molecule has 66 valence electrons. The molecule has 0 aromatic rings. The second-order valence-corrected chi connectivity index (χ2v) is 3.21. The Morgan fingerprint density at radius 2 is 1.33 bits per heavy atom. The Kier molecular flexibility index (Phi) is 24.1. The molecule has 2 unspecified atom stereocenters. The molecule has 0 aromatic carbocycles. The van der Waals surface area contributed by atoms with E-state index in [2.05, 4.69) is 4.31 Å². The fourth-order valence-corrected chi connectivity index (χ4v) is 0.490. The zero-order chi connectivity index (χ0) is 9.28. The van der Waals surface area contributed by atoms with Gasteiger partial charge >= 0.3 is 43.8 Å². The molecule has 0 aliphatic rings. The number of hydrogen-bond donors (Lipinski definition) is 0. The van der Waals surface area contributed by atoms with E-state index in [4.69, 9.17) is 23.2 Å². The van der Waals surface area contributed by atoms with Crippen molar-refractivity contribution < 1.29 is 50.5 Å². The van der Waals surface area contributed by atoms with Crippen LogP contribution in [-0.4, -0.2) is 11.8 Å². The largest absolute Gasteiger partial charge is 2.00 e. The van der Waals surface area contributed by atoms with Crippen molar-refractivity contribution in [3.8, 4) is 0 Å². The van der Waals surface area contributed by atoms with Crippen LogP contribution < -0.4 is 9.79 Å². The molecule has 0 spiro atoms. The van der Waals surface area contributed by atoms with Crippen LogP contribution in [0.4, 0.5) is 0 Å². The fraction of sp³-hybridized carbons (Fsp3) is 1.00. The van der Waals surface area contributed by atoms with Gasteiger partial charge in [0.25, 0.3) is 0 Å². The third-order valence-corrected chi connectivity index (χ3v) is 1.84. The number of hydrogen-bond acceptors (Lipinski definition) is 5. The normalized spacial score (nSPS) is 10.3. The Labute approximate surface area is 101 Å². The van der Waals surface area contributed by atoms with Crippen molar-refractivity contribution in [1.82, 2.24) is 0 Å². The predicted molar refractivity (Wildman–Crippen MR) is 37.7 cm³/mol. The first kappa shape index (κ1) is 19.2. The molecular formula is C2H4CdCl2O5P2+2. The van der Waals surface area contributed by atoms with Gasteiger partial charge in [-0.15, -0.1) is 23.2 Å². The van der Waals surface area contributed by atoms with Crippen LogP contribution in [-0.2, 0) is 40.7 Å². The van der Waals surface area contributed by atoms with Crippen LogP contribution in [0.5, 0.6) is 0 Å². The zero-order valence-electron chi connectivity index (χ0n) is 5.81. The van der Waals surface area contributed by atoms with Crippen LogP contribution in [0, 0.1) is 0 Å². The van der Waals surface area contributed by atoms with Gasteiger partial charge in [-0.1, -0.05) is 0 Å². The average molecular weight is 353 g/mol. The maximum Gasteiger partial charge on any atom is 2.00 e. The maximum atomic E-state index is 9.24. The van der Waals surface area contributed by atoms with Gasteiger partial charge in [0.1, 0.15) is 4.31 Å². The zero-order valence-corrected chi connectivity index (χ0v) is 13.1. The van der Waals surface area contributed by atoms with Gasteiger partial charge in [-0.3, -0.25) is 0 Å². The van der Waals surface area contributed by atoms with Crippen molar-refractivity contribution in [2.75, 3.05) is 11.8 Å². The Bertz CT molecular complexity index is 121. The van der Waals surface area contributed by atoms with E-state index in [1.807, 2.05) is 0 Å². The summed E-state index contributed by atoms with van der Waals surface area (Å²) in [5.41, 5.74) is 0. The standard InChI is InChI=1S/C2H4Cl2.Cd.O5P2/c3-1-2-4;;1-6(2)5-7(3)4/h1-2H2;;/q;+2;. The minimum atomic E-state index is -3.24. The summed E-state index contributed by atoms with van der Waals surface area (Å²) in [5, 5.41) is 0. The first-order chi connectivity index (χ1) is 5.04. The summed E-state index contributed by atoms with van der Waals surface area (Å²) in [5.74, 6) is 1.11. The van der Waals surface area contributed by atoms with Gasteiger partial charge in [0, 0.05) is 11.8 Å². The van der Waals surface area contributed by atoms with Gasteiger partial charge in [-0.2, -0.15) is 0 Å². The molecule has 0 aliphatic heterocycles. The van der Waals surface area contributed by atoms with Crippen LogP contribution in [0.2, 0.25) is 0 Å². The van der Waals surface area contributed by atoms with E-state index in [9.17, 15) is 18.9 Å². The SMILES string of the molecule is ClCCCl.O=[P+]([O-])O[P+](=O)[O-].[Cd+2]. The molecule has 0 fully saturated rings. The van der Waals surface area contributed by atoms with E-state index in [1.165, 1.54) is 0 Å². The van der Waals surface area contributed by atoms with Gasteiger partial charge in [0.05, 0.1) is 0 Å². The van der Waals surface area contributed by atoms with E-state index >= 15 is 0 Å². The molecule has 0 heterocycles. The second kappa shape index (κ2) is 15.1. The van der Waals surface area contributed by atoms with Crippen LogP contribution in [0.3, 0.4) is 0 Å². The molecule has 0 aromatic heterocycles. The van der Waals surface area contributed by atoms with Crippen LogP contribution in [0.15, 0.2) is 0 Å². The molecule has 0 rings (SSSR count).